The van der Waals surface area contributed by atoms with Gasteiger partial charge in [-0.25, -0.2) is 0 Å². The molecule has 4 rings (SSSR count). The number of aromatic amines is 1. The van der Waals surface area contributed by atoms with Crippen molar-refractivity contribution >= 4 is 11.7 Å². The molecule has 0 spiro atoms. The van der Waals surface area contributed by atoms with Crippen molar-refractivity contribution in [1.82, 2.24) is 15.5 Å². The standard InChI is InChI=1S/C14H20N4O2/c1-8-11(9-2-3-9)17-18-12(8)16-13(19)14-6-15-4-10(14)5-20-7-14/h9-10,15H,2-7H2,1H3,(H2,16,17,18,19)/t10-,14-/m0/s1. The molecule has 0 unspecified atom stereocenters. The van der Waals surface area contributed by atoms with E-state index < -0.39 is 5.41 Å². The Morgan fingerprint density at radius 3 is 3.15 bits per heavy atom. The number of ether oxygens (including phenoxy) is 1. The van der Waals surface area contributed by atoms with Gasteiger partial charge in [0.15, 0.2) is 5.82 Å². The van der Waals surface area contributed by atoms with E-state index in [9.17, 15) is 4.79 Å². The maximum Gasteiger partial charge on any atom is 0.235 e. The molecular weight excluding hydrogens is 256 g/mol. The molecule has 1 saturated carbocycles. The molecule has 20 heavy (non-hydrogen) atoms. The lowest BCUT2D eigenvalue weighted by Crippen LogP contribution is -2.42. The van der Waals surface area contributed by atoms with Crippen molar-refractivity contribution in [2.45, 2.75) is 25.7 Å². The minimum atomic E-state index is -0.412. The fourth-order valence-electron chi connectivity index (χ4n) is 3.45. The van der Waals surface area contributed by atoms with Crippen LogP contribution < -0.4 is 10.6 Å². The fourth-order valence-corrected chi connectivity index (χ4v) is 3.45. The summed E-state index contributed by atoms with van der Waals surface area (Å²) in [7, 11) is 0. The number of amides is 1. The summed E-state index contributed by atoms with van der Waals surface area (Å²) in [4.78, 5) is 12.7. The Morgan fingerprint density at radius 1 is 1.50 bits per heavy atom. The van der Waals surface area contributed by atoms with E-state index >= 15 is 0 Å². The number of fused-ring (bicyclic) bond motifs is 1. The average molecular weight is 276 g/mol. The monoisotopic (exact) mass is 276 g/mol. The summed E-state index contributed by atoms with van der Waals surface area (Å²) < 4.78 is 5.53. The largest absolute Gasteiger partial charge is 0.380 e. The number of H-pyrrole nitrogens is 1. The molecule has 1 aliphatic carbocycles. The van der Waals surface area contributed by atoms with Crippen molar-refractivity contribution in [2.75, 3.05) is 31.6 Å². The molecule has 2 aliphatic heterocycles. The van der Waals surface area contributed by atoms with Crippen molar-refractivity contribution in [2.24, 2.45) is 11.3 Å². The van der Waals surface area contributed by atoms with Crippen LogP contribution in [0.5, 0.6) is 0 Å². The maximum absolute atomic E-state index is 12.7. The number of nitrogens with zero attached hydrogens (tertiary/aromatic N) is 1. The van der Waals surface area contributed by atoms with Gasteiger partial charge in [-0.05, 0) is 19.8 Å². The molecule has 3 heterocycles. The van der Waals surface area contributed by atoms with Crippen molar-refractivity contribution in [3.05, 3.63) is 11.3 Å². The lowest BCUT2D eigenvalue weighted by atomic mass is 9.80. The first-order valence-corrected chi connectivity index (χ1v) is 7.35. The van der Waals surface area contributed by atoms with Gasteiger partial charge in [0.25, 0.3) is 0 Å². The van der Waals surface area contributed by atoms with E-state index in [1.165, 1.54) is 18.5 Å². The molecule has 0 bridgehead atoms. The van der Waals surface area contributed by atoms with Crippen LogP contribution in [0, 0.1) is 18.3 Å². The summed E-state index contributed by atoms with van der Waals surface area (Å²) >= 11 is 0. The highest BCUT2D eigenvalue weighted by atomic mass is 16.5. The Balaban J connectivity index is 1.55. The van der Waals surface area contributed by atoms with E-state index in [1.807, 2.05) is 6.92 Å². The summed E-state index contributed by atoms with van der Waals surface area (Å²) in [6.07, 6.45) is 2.44. The molecule has 0 radical (unpaired) electrons. The Bertz CT molecular complexity index is 539. The number of rotatable bonds is 3. The second kappa shape index (κ2) is 4.30. The zero-order valence-corrected chi connectivity index (χ0v) is 11.7. The van der Waals surface area contributed by atoms with Gasteiger partial charge in [-0.3, -0.25) is 9.89 Å². The van der Waals surface area contributed by atoms with Crippen LogP contribution in [0.4, 0.5) is 5.82 Å². The minimum absolute atomic E-state index is 0.0435. The van der Waals surface area contributed by atoms with E-state index in [1.54, 1.807) is 0 Å². The summed E-state index contributed by atoms with van der Waals surface area (Å²) in [6, 6.07) is 0. The molecule has 3 aliphatic rings. The van der Waals surface area contributed by atoms with Crippen LogP contribution in [0.1, 0.15) is 30.0 Å². The van der Waals surface area contributed by atoms with Gasteiger partial charge in [-0.1, -0.05) is 0 Å². The van der Waals surface area contributed by atoms with E-state index in [4.69, 9.17) is 4.74 Å². The molecule has 2 saturated heterocycles. The maximum atomic E-state index is 12.7. The van der Waals surface area contributed by atoms with Crippen LogP contribution in [0.2, 0.25) is 0 Å². The first kappa shape index (κ1) is 12.3. The van der Waals surface area contributed by atoms with E-state index in [2.05, 4.69) is 20.8 Å². The lowest BCUT2D eigenvalue weighted by Gasteiger charge is -2.24. The third-order valence-corrected chi connectivity index (χ3v) is 5.01. The summed E-state index contributed by atoms with van der Waals surface area (Å²) in [5.41, 5.74) is 1.85. The Morgan fingerprint density at radius 2 is 2.35 bits per heavy atom. The number of aromatic nitrogens is 2. The number of nitrogens with one attached hydrogen (secondary N) is 3. The van der Waals surface area contributed by atoms with Crippen LogP contribution in [0.3, 0.4) is 0 Å². The molecular formula is C14H20N4O2. The molecule has 1 amide bonds. The quantitative estimate of drug-likeness (QED) is 0.762. The number of hydrogen-bond donors (Lipinski definition) is 3. The predicted molar refractivity (Wildman–Crippen MR) is 73.5 cm³/mol. The third kappa shape index (κ3) is 1.71. The normalized spacial score (nSPS) is 32.4. The molecule has 3 fully saturated rings. The molecule has 1 aromatic heterocycles. The van der Waals surface area contributed by atoms with Crippen molar-refractivity contribution in [3.63, 3.8) is 0 Å². The predicted octanol–water partition coefficient (Wildman–Crippen LogP) is 0.770. The first-order valence-electron chi connectivity index (χ1n) is 7.35. The van der Waals surface area contributed by atoms with Gasteiger partial charge in [-0.15, -0.1) is 0 Å². The van der Waals surface area contributed by atoms with Gasteiger partial charge in [-0.2, -0.15) is 5.10 Å². The van der Waals surface area contributed by atoms with Crippen LogP contribution in [-0.4, -0.2) is 42.4 Å². The van der Waals surface area contributed by atoms with Gasteiger partial charge >= 0.3 is 0 Å². The summed E-state index contributed by atoms with van der Waals surface area (Å²) in [5.74, 6) is 1.62. The average Bonchev–Trinajstić information content (AvgIpc) is 2.89. The topological polar surface area (TPSA) is 79.0 Å². The zero-order chi connectivity index (χ0) is 13.7. The second-order valence-electron chi connectivity index (χ2n) is 6.34. The van der Waals surface area contributed by atoms with Gasteiger partial charge in [0.1, 0.15) is 0 Å². The number of carbonyl (C=O) groups excluding carboxylic acids is 1. The number of hydrogen-bond acceptors (Lipinski definition) is 4. The highest BCUT2D eigenvalue weighted by Gasteiger charge is 2.53. The van der Waals surface area contributed by atoms with E-state index in [0.717, 1.165) is 12.1 Å². The molecule has 6 heteroatoms. The number of anilines is 1. The molecule has 6 nitrogen and oxygen atoms in total. The Labute approximate surface area is 117 Å². The smallest absolute Gasteiger partial charge is 0.235 e. The zero-order valence-electron chi connectivity index (χ0n) is 11.7. The van der Waals surface area contributed by atoms with Gasteiger partial charge in [0.2, 0.25) is 5.91 Å². The van der Waals surface area contributed by atoms with Crippen LogP contribution in [0.15, 0.2) is 0 Å². The van der Waals surface area contributed by atoms with Crippen molar-refractivity contribution in [3.8, 4) is 0 Å². The van der Waals surface area contributed by atoms with Crippen LogP contribution in [-0.2, 0) is 9.53 Å². The Kier molecular flexibility index (Phi) is 2.65. The summed E-state index contributed by atoms with van der Waals surface area (Å²) in [6.45, 7) is 4.77. The number of carbonyl (C=O) groups is 1. The van der Waals surface area contributed by atoms with E-state index in [0.29, 0.717) is 31.5 Å². The molecule has 1 aromatic rings. The van der Waals surface area contributed by atoms with Crippen molar-refractivity contribution in [1.29, 1.82) is 0 Å². The minimum Gasteiger partial charge on any atom is -0.380 e. The van der Waals surface area contributed by atoms with Gasteiger partial charge in [0, 0.05) is 36.2 Å². The van der Waals surface area contributed by atoms with Crippen molar-refractivity contribution < 1.29 is 9.53 Å². The Hall–Kier alpha value is -1.40. The highest BCUT2D eigenvalue weighted by Crippen LogP contribution is 2.42. The van der Waals surface area contributed by atoms with Gasteiger partial charge < -0.3 is 15.4 Å². The highest BCUT2D eigenvalue weighted by molar-refractivity contribution is 5.96. The molecule has 3 N–H and O–H groups in total. The first-order chi connectivity index (χ1) is 9.71. The van der Waals surface area contributed by atoms with Crippen LogP contribution in [0.25, 0.3) is 0 Å². The third-order valence-electron chi connectivity index (χ3n) is 5.01. The van der Waals surface area contributed by atoms with Gasteiger partial charge in [0.05, 0.1) is 18.6 Å². The molecule has 0 aromatic carbocycles. The lowest BCUT2D eigenvalue weighted by molar-refractivity contribution is -0.125. The van der Waals surface area contributed by atoms with Crippen LogP contribution >= 0.6 is 0 Å². The fraction of sp³-hybridized carbons (Fsp3) is 0.714. The summed E-state index contributed by atoms with van der Waals surface area (Å²) in [5, 5.41) is 13.7. The molecule has 108 valence electrons. The second-order valence-corrected chi connectivity index (χ2v) is 6.34. The molecule has 2 atom stereocenters. The van der Waals surface area contributed by atoms with E-state index in [-0.39, 0.29) is 11.8 Å². The SMILES string of the molecule is Cc1c(NC(=O)[C@]23CNC[C@H]2COC3)n[nH]c1C1CC1.